The Labute approximate surface area is 194 Å². The Morgan fingerprint density at radius 2 is 1.94 bits per heavy atom. The van der Waals surface area contributed by atoms with Gasteiger partial charge in [0.15, 0.2) is 0 Å². The zero-order valence-electron chi connectivity index (χ0n) is 18.3. The third-order valence-corrected chi connectivity index (χ3v) is 6.85. The van der Waals surface area contributed by atoms with E-state index in [1.807, 2.05) is 38.1 Å². The Morgan fingerprint density at radius 3 is 2.56 bits per heavy atom. The molecule has 1 atom stereocenters. The number of hydrogen-bond acceptors (Lipinski definition) is 5. The number of hydrogen-bond donors (Lipinski definition) is 0. The summed E-state index contributed by atoms with van der Waals surface area (Å²) in [6.45, 7) is 7.37. The summed E-state index contributed by atoms with van der Waals surface area (Å²) in [5.74, 6) is -2.18. The fourth-order valence-corrected chi connectivity index (χ4v) is 4.92. The predicted octanol–water partition coefficient (Wildman–Crippen LogP) is 3.89. The van der Waals surface area contributed by atoms with Crippen LogP contribution in [0.3, 0.4) is 0 Å². The highest BCUT2D eigenvalue weighted by atomic mass is 35.5. The van der Waals surface area contributed by atoms with E-state index in [1.165, 1.54) is 12.1 Å². The monoisotopic (exact) mass is 480 g/mol. The van der Waals surface area contributed by atoms with Crippen molar-refractivity contribution >= 4 is 40.0 Å². The Hall–Kier alpha value is -2.45. The molecule has 2 aromatic carbocycles. The largest absolute Gasteiger partial charge is 0.465 e. The van der Waals surface area contributed by atoms with Gasteiger partial charge in [0.25, 0.3) is 5.91 Å². The van der Waals surface area contributed by atoms with E-state index in [-0.39, 0.29) is 23.0 Å². The van der Waals surface area contributed by atoms with Gasteiger partial charge >= 0.3 is 5.97 Å². The first-order valence-electron chi connectivity index (χ1n) is 10.3. The Bertz CT molecular complexity index is 1050. The molecule has 6 nitrogen and oxygen atoms in total. The molecule has 9 heteroatoms. The molecule has 1 fully saturated rings. The highest BCUT2D eigenvalue weighted by molar-refractivity contribution is 7.85. The van der Waals surface area contributed by atoms with E-state index in [9.17, 15) is 18.2 Å². The van der Waals surface area contributed by atoms with Crippen LogP contribution in [0.4, 0.5) is 10.1 Å². The van der Waals surface area contributed by atoms with E-state index in [0.717, 1.165) is 11.8 Å². The maximum absolute atomic E-state index is 14.6. The number of piperazine rings is 1. The lowest BCUT2D eigenvalue weighted by Gasteiger charge is -2.48. The van der Waals surface area contributed by atoms with Gasteiger partial charge in [0.2, 0.25) is 0 Å². The van der Waals surface area contributed by atoms with Crippen molar-refractivity contribution in [1.82, 2.24) is 4.90 Å². The van der Waals surface area contributed by atoms with Gasteiger partial charge in [-0.2, -0.15) is 0 Å². The maximum atomic E-state index is 14.6. The van der Waals surface area contributed by atoms with Crippen LogP contribution in [-0.4, -0.2) is 58.5 Å². The number of rotatable bonds is 6. The minimum atomic E-state index is -1.89. The third-order valence-electron chi connectivity index (χ3n) is 5.30. The zero-order valence-corrected chi connectivity index (χ0v) is 19.8. The number of carbonyl (C=O) groups excluding carboxylic acids is 2. The van der Waals surface area contributed by atoms with Gasteiger partial charge in [-0.1, -0.05) is 17.7 Å². The van der Waals surface area contributed by atoms with E-state index < -0.39 is 33.9 Å². The van der Waals surface area contributed by atoms with Gasteiger partial charge in [0, 0.05) is 35.9 Å². The lowest BCUT2D eigenvalue weighted by molar-refractivity contribution is -0.139. The molecule has 0 saturated carbocycles. The number of amides is 1. The van der Waals surface area contributed by atoms with Crippen LogP contribution in [0.15, 0.2) is 47.4 Å². The standard InChI is InChI=1S/C23H26ClFN2O4S/c1-4-31-21(28)14-32(30)20-9-8-16(12-19(20)25)22(29)27-11-10-26(15-23(27,2)3)18-7-5-6-17(24)13-18/h5-9,12-13H,4,10-11,14-15H2,1-3H3. The molecule has 0 spiro atoms. The van der Waals surface area contributed by atoms with Crippen LogP contribution in [0.5, 0.6) is 0 Å². The minimum Gasteiger partial charge on any atom is -0.465 e. The van der Waals surface area contributed by atoms with Crippen molar-refractivity contribution in [2.24, 2.45) is 0 Å². The molecule has 0 N–H and O–H groups in total. The molecule has 1 saturated heterocycles. The molecule has 1 aliphatic rings. The molecular formula is C23H26ClFN2O4S. The predicted molar refractivity (Wildman–Crippen MR) is 123 cm³/mol. The summed E-state index contributed by atoms with van der Waals surface area (Å²) in [4.78, 5) is 28.5. The van der Waals surface area contributed by atoms with E-state index in [4.69, 9.17) is 16.3 Å². The highest BCUT2D eigenvalue weighted by Crippen LogP contribution is 2.29. The molecule has 0 radical (unpaired) electrons. The quantitative estimate of drug-likeness (QED) is 0.587. The van der Waals surface area contributed by atoms with Crippen molar-refractivity contribution in [3.8, 4) is 0 Å². The van der Waals surface area contributed by atoms with Crippen LogP contribution in [0.25, 0.3) is 0 Å². The number of ether oxygens (including phenoxy) is 1. The number of carbonyl (C=O) groups is 2. The first-order valence-corrected chi connectivity index (χ1v) is 12.0. The summed E-state index contributed by atoms with van der Waals surface area (Å²) in [6, 6.07) is 11.4. The normalized spacial score (nSPS) is 16.5. The van der Waals surface area contributed by atoms with Crippen molar-refractivity contribution in [2.75, 3.05) is 36.9 Å². The number of nitrogens with zero attached hydrogens (tertiary/aromatic N) is 2. The topological polar surface area (TPSA) is 66.9 Å². The van der Waals surface area contributed by atoms with Gasteiger partial charge in [-0.05, 0) is 57.2 Å². The lowest BCUT2D eigenvalue weighted by Crippen LogP contribution is -2.61. The zero-order chi connectivity index (χ0) is 23.5. The second kappa shape index (κ2) is 10.0. The van der Waals surface area contributed by atoms with E-state index in [0.29, 0.717) is 24.7 Å². The van der Waals surface area contributed by atoms with Gasteiger partial charge in [-0.15, -0.1) is 0 Å². The fraction of sp³-hybridized carbons (Fsp3) is 0.391. The number of halogens is 2. The van der Waals surface area contributed by atoms with Crippen molar-refractivity contribution in [3.63, 3.8) is 0 Å². The summed E-state index contributed by atoms with van der Waals surface area (Å²) in [6.07, 6.45) is 0. The Morgan fingerprint density at radius 1 is 1.19 bits per heavy atom. The summed E-state index contributed by atoms with van der Waals surface area (Å²) in [5, 5.41) is 0.648. The summed E-state index contributed by atoms with van der Waals surface area (Å²) in [7, 11) is -1.89. The van der Waals surface area contributed by atoms with Crippen molar-refractivity contribution in [3.05, 3.63) is 58.9 Å². The van der Waals surface area contributed by atoms with Gasteiger partial charge in [0.05, 0.1) is 27.8 Å². The van der Waals surface area contributed by atoms with Gasteiger partial charge in [-0.25, -0.2) is 4.39 Å². The molecule has 1 unspecified atom stereocenters. The van der Waals surface area contributed by atoms with Crippen LogP contribution in [0, 0.1) is 5.82 Å². The van der Waals surface area contributed by atoms with Crippen LogP contribution < -0.4 is 4.90 Å². The molecule has 1 amide bonds. The molecule has 0 aliphatic carbocycles. The molecule has 1 aliphatic heterocycles. The first-order chi connectivity index (χ1) is 15.1. The van der Waals surface area contributed by atoms with E-state index in [1.54, 1.807) is 11.8 Å². The van der Waals surface area contributed by atoms with Crippen LogP contribution >= 0.6 is 11.6 Å². The molecule has 0 bridgehead atoms. The maximum Gasteiger partial charge on any atom is 0.318 e. The van der Waals surface area contributed by atoms with Gasteiger partial charge < -0.3 is 14.5 Å². The first kappa shape index (κ1) is 24.2. The number of anilines is 1. The Kier molecular flexibility index (Phi) is 7.56. The van der Waals surface area contributed by atoms with Crippen LogP contribution in [0.1, 0.15) is 31.1 Å². The number of benzene rings is 2. The van der Waals surface area contributed by atoms with Crippen LogP contribution in [0.2, 0.25) is 5.02 Å². The number of esters is 1. The highest BCUT2D eigenvalue weighted by Gasteiger charge is 2.37. The molecule has 2 aromatic rings. The third kappa shape index (κ3) is 5.48. The summed E-state index contributed by atoms with van der Waals surface area (Å²) in [5.41, 5.74) is 0.639. The summed E-state index contributed by atoms with van der Waals surface area (Å²) < 4.78 is 31.7. The van der Waals surface area contributed by atoms with Crippen molar-refractivity contribution in [1.29, 1.82) is 0 Å². The second-order valence-corrected chi connectivity index (χ2v) is 9.97. The SMILES string of the molecule is CCOC(=O)CS(=O)c1ccc(C(=O)N2CCN(c3cccc(Cl)c3)CC2(C)C)cc1F. The van der Waals surface area contributed by atoms with Gasteiger partial charge in [0.1, 0.15) is 11.6 Å². The molecule has 172 valence electrons. The lowest BCUT2D eigenvalue weighted by atomic mass is 9.96. The average Bonchev–Trinajstić information content (AvgIpc) is 2.72. The molecule has 32 heavy (non-hydrogen) atoms. The van der Waals surface area contributed by atoms with E-state index >= 15 is 0 Å². The smallest absolute Gasteiger partial charge is 0.318 e. The van der Waals surface area contributed by atoms with Crippen molar-refractivity contribution in [2.45, 2.75) is 31.2 Å². The fourth-order valence-electron chi connectivity index (χ4n) is 3.79. The molecule has 1 heterocycles. The minimum absolute atomic E-state index is 0.125. The summed E-state index contributed by atoms with van der Waals surface area (Å²) >= 11 is 6.11. The molecular weight excluding hydrogens is 455 g/mol. The second-order valence-electron chi connectivity index (χ2n) is 8.11. The van der Waals surface area contributed by atoms with Crippen LogP contribution in [-0.2, 0) is 20.3 Å². The van der Waals surface area contributed by atoms with E-state index in [2.05, 4.69) is 4.90 Å². The molecule has 0 aromatic heterocycles. The average molecular weight is 481 g/mol. The molecule has 3 rings (SSSR count). The van der Waals surface area contributed by atoms with Crippen molar-refractivity contribution < 1.29 is 22.9 Å². The Balaban J connectivity index is 1.74. The van der Waals surface area contributed by atoms with Gasteiger partial charge in [-0.3, -0.25) is 13.8 Å².